The van der Waals surface area contributed by atoms with E-state index in [-0.39, 0.29) is 63.3 Å². The summed E-state index contributed by atoms with van der Waals surface area (Å²) in [5, 5.41) is 24.0. The largest absolute Gasteiger partial charge is 0.508 e. The number of nitrogens with one attached hydrogen (secondary N) is 5. The highest BCUT2D eigenvalue weighted by atomic mass is 16.6. The molecule has 338 valence electrons. The zero-order valence-corrected chi connectivity index (χ0v) is 36.8. The molecule has 0 heterocycles. The molecule has 0 saturated carbocycles. The van der Waals surface area contributed by atoms with Crippen molar-refractivity contribution in [2.75, 3.05) is 13.1 Å². The number of unbranched alkanes of at least 4 members (excludes halogenated alkanes) is 1. The summed E-state index contributed by atoms with van der Waals surface area (Å²) in [6.07, 6.45) is -0.0158. The van der Waals surface area contributed by atoms with Gasteiger partial charge in [0.25, 0.3) is 0 Å². The van der Waals surface area contributed by atoms with Crippen molar-refractivity contribution in [1.82, 2.24) is 26.6 Å². The number of aliphatic imine (C=N–C) groups is 1. The van der Waals surface area contributed by atoms with Crippen LogP contribution < -0.4 is 43.8 Å². The first-order valence-corrected chi connectivity index (χ1v) is 20.5. The monoisotopic (exact) mass is 854 g/mol. The van der Waals surface area contributed by atoms with E-state index in [2.05, 4.69) is 31.6 Å². The van der Waals surface area contributed by atoms with Gasteiger partial charge in [0.1, 0.15) is 35.1 Å². The van der Waals surface area contributed by atoms with Gasteiger partial charge < -0.3 is 58.4 Å². The van der Waals surface area contributed by atoms with Gasteiger partial charge in [0.2, 0.25) is 23.6 Å². The molecular weight excluding hydrogens is 787 g/mol. The zero-order chi connectivity index (χ0) is 45.9. The molecular formula is C43H67N9O9. The predicted octanol–water partition coefficient (Wildman–Crippen LogP) is 2.77. The van der Waals surface area contributed by atoms with Crippen molar-refractivity contribution in [2.45, 2.75) is 142 Å². The number of hydrogen-bond acceptors (Lipinski definition) is 10. The summed E-state index contributed by atoms with van der Waals surface area (Å²) in [6, 6.07) is 7.87. The number of phenolic OH excluding ortho intramolecular Hbond substituents is 1. The van der Waals surface area contributed by atoms with Crippen LogP contribution in [-0.4, -0.2) is 95.3 Å². The van der Waals surface area contributed by atoms with E-state index in [1.807, 2.05) is 6.07 Å². The summed E-state index contributed by atoms with van der Waals surface area (Å²) in [6.45, 7) is 14.2. The number of benzene rings is 2. The second kappa shape index (κ2) is 24.3. The highest BCUT2D eigenvalue weighted by Crippen LogP contribution is 2.23. The van der Waals surface area contributed by atoms with E-state index in [0.717, 1.165) is 5.56 Å². The fraction of sp³-hybridized carbons (Fsp3) is 0.558. The lowest BCUT2D eigenvalue weighted by atomic mass is 9.94. The maximum atomic E-state index is 14.4. The summed E-state index contributed by atoms with van der Waals surface area (Å²) in [7, 11) is 0. The van der Waals surface area contributed by atoms with Crippen molar-refractivity contribution < 1.29 is 43.3 Å². The minimum Gasteiger partial charge on any atom is -0.508 e. The number of rotatable bonds is 22. The van der Waals surface area contributed by atoms with E-state index < -0.39 is 71.2 Å². The van der Waals surface area contributed by atoms with E-state index in [0.29, 0.717) is 29.5 Å². The van der Waals surface area contributed by atoms with E-state index in [4.69, 9.17) is 26.7 Å². The van der Waals surface area contributed by atoms with Crippen molar-refractivity contribution >= 4 is 41.8 Å². The Labute approximate surface area is 358 Å². The third-order valence-corrected chi connectivity index (χ3v) is 9.06. The molecule has 18 heteroatoms. The molecule has 2 aromatic rings. The molecule has 1 unspecified atom stereocenters. The molecule has 6 amide bonds. The molecule has 0 radical (unpaired) electrons. The molecule has 0 aliphatic carbocycles. The van der Waals surface area contributed by atoms with Crippen LogP contribution in [0.4, 0.5) is 9.59 Å². The van der Waals surface area contributed by atoms with Gasteiger partial charge in [-0.2, -0.15) is 0 Å². The number of aryl methyl sites for hydroxylation is 2. The Bertz CT molecular complexity index is 1800. The first kappa shape index (κ1) is 51.1. The zero-order valence-electron chi connectivity index (χ0n) is 36.8. The molecule has 0 spiro atoms. The number of guanidine groups is 1. The van der Waals surface area contributed by atoms with E-state index in [1.54, 1.807) is 91.8 Å². The van der Waals surface area contributed by atoms with Crippen LogP contribution in [0.15, 0.2) is 47.5 Å². The molecule has 2 aromatic carbocycles. The summed E-state index contributed by atoms with van der Waals surface area (Å²) in [5.41, 5.74) is 17.8. The van der Waals surface area contributed by atoms with Crippen LogP contribution in [0.5, 0.6) is 5.75 Å². The van der Waals surface area contributed by atoms with Gasteiger partial charge in [0.15, 0.2) is 5.96 Å². The van der Waals surface area contributed by atoms with Gasteiger partial charge in [0.05, 0.1) is 0 Å². The van der Waals surface area contributed by atoms with Crippen molar-refractivity contribution in [3.63, 3.8) is 0 Å². The molecule has 0 saturated heterocycles. The quantitative estimate of drug-likeness (QED) is 0.0472. The Hall–Kier alpha value is -6.07. The lowest BCUT2D eigenvalue weighted by Crippen LogP contribution is -2.56. The van der Waals surface area contributed by atoms with Crippen molar-refractivity contribution in [3.05, 3.63) is 64.7 Å². The SMILES string of the molecule is Cc1cc(O)cc(C)c1CC(NC(=O)[C@@H](CCCN=C(N)N)NC(=O)OC(C)(C)C)C(=O)N[C@@H](CCCCNC(=O)OC(C)(C)C)CC(=O)N[C@@H](Cc1ccccc1)C(N)=O. The average Bonchev–Trinajstić information content (AvgIpc) is 3.11. The van der Waals surface area contributed by atoms with Gasteiger partial charge in [-0.1, -0.05) is 30.3 Å². The maximum Gasteiger partial charge on any atom is 0.408 e. The Kier molecular flexibility index (Phi) is 20.3. The van der Waals surface area contributed by atoms with Gasteiger partial charge in [-0.3, -0.25) is 24.2 Å². The minimum absolute atomic E-state index is 0.0256. The number of carbonyl (C=O) groups excluding carboxylic acids is 6. The molecule has 4 atom stereocenters. The topological polar surface area (TPSA) is 292 Å². The number of ether oxygens (including phenoxy) is 2. The average molecular weight is 854 g/mol. The number of alkyl carbamates (subject to hydrolysis) is 2. The molecule has 0 aliphatic heterocycles. The van der Waals surface area contributed by atoms with E-state index >= 15 is 0 Å². The number of nitrogens with zero attached hydrogens (tertiary/aromatic N) is 1. The van der Waals surface area contributed by atoms with Crippen molar-refractivity contribution in [1.29, 1.82) is 0 Å². The molecule has 2 rings (SSSR count). The summed E-state index contributed by atoms with van der Waals surface area (Å²) >= 11 is 0. The van der Waals surface area contributed by atoms with Crippen LogP contribution >= 0.6 is 0 Å². The number of carbonyl (C=O) groups is 6. The molecule has 0 fully saturated rings. The predicted molar refractivity (Wildman–Crippen MR) is 232 cm³/mol. The molecule has 61 heavy (non-hydrogen) atoms. The van der Waals surface area contributed by atoms with Crippen LogP contribution in [-0.2, 0) is 41.5 Å². The fourth-order valence-electron chi connectivity index (χ4n) is 6.30. The smallest absolute Gasteiger partial charge is 0.408 e. The van der Waals surface area contributed by atoms with Gasteiger partial charge in [-0.25, -0.2) is 9.59 Å². The maximum absolute atomic E-state index is 14.4. The molecule has 0 bridgehead atoms. The van der Waals surface area contributed by atoms with Crippen LogP contribution in [0.2, 0.25) is 0 Å². The van der Waals surface area contributed by atoms with Crippen LogP contribution in [0.25, 0.3) is 0 Å². The first-order chi connectivity index (χ1) is 28.4. The van der Waals surface area contributed by atoms with Crippen LogP contribution in [0, 0.1) is 13.8 Å². The standard InChI is InChI=1S/C43H67N9O9/c1-26-21-30(53)22-27(2)31(26)25-34(51-37(56)32(18-14-20-47-39(45)46)52-41(59)61-43(6,7)8)38(57)49-29(17-12-13-19-48-40(58)60-42(3,4)5)24-35(54)50-33(36(44)55)23-28-15-10-9-11-16-28/h9-11,15-16,21-22,29,32-34,53H,12-14,17-20,23-25H2,1-8H3,(H2,44,55)(H,48,58)(H,49,57)(H,50,54)(H,51,56)(H,52,59)(H4,45,46,47)/t29-,32+,33-,34?/m0/s1. The van der Waals surface area contributed by atoms with Crippen LogP contribution in [0.1, 0.15) is 102 Å². The Morgan fingerprint density at radius 1 is 0.705 bits per heavy atom. The van der Waals surface area contributed by atoms with Gasteiger partial charge in [-0.05, 0) is 122 Å². The Morgan fingerprint density at radius 3 is 1.87 bits per heavy atom. The summed E-state index contributed by atoms with van der Waals surface area (Å²) in [4.78, 5) is 83.5. The van der Waals surface area contributed by atoms with Gasteiger partial charge >= 0.3 is 12.2 Å². The third-order valence-electron chi connectivity index (χ3n) is 9.06. The van der Waals surface area contributed by atoms with Crippen LogP contribution in [0.3, 0.4) is 0 Å². The normalized spacial score (nSPS) is 13.3. The molecule has 0 aromatic heterocycles. The van der Waals surface area contributed by atoms with Gasteiger partial charge in [-0.15, -0.1) is 0 Å². The molecule has 18 nitrogen and oxygen atoms in total. The Morgan fingerprint density at radius 2 is 1.30 bits per heavy atom. The van der Waals surface area contributed by atoms with Gasteiger partial charge in [0, 0.05) is 38.4 Å². The number of phenols is 1. The second-order valence-electron chi connectivity index (χ2n) is 17.0. The van der Waals surface area contributed by atoms with Crippen molar-refractivity contribution in [2.24, 2.45) is 22.2 Å². The fourth-order valence-corrected chi connectivity index (χ4v) is 6.30. The van der Waals surface area contributed by atoms with E-state index in [9.17, 15) is 33.9 Å². The highest BCUT2D eigenvalue weighted by Gasteiger charge is 2.31. The number of primary amides is 1. The number of amides is 6. The summed E-state index contributed by atoms with van der Waals surface area (Å²) < 4.78 is 10.7. The minimum atomic E-state index is -1.24. The number of aromatic hydroxyl groups is 1. The molecule has 12 N–H and O–H groups in total. The summed E-state index contributed by atoms with van der Waals surface area (Å²) in [5.74, 6) is -2.73. The second-order valence-corrected chi connectivity index (χ2v) is 17.0. The lowest BCUT2D eigenvalue weighted by molar-refractivity contribution is -0.131. The van der Waals surface area contributed by atoms with Crippen molar-refractivity contribution in [3.8, 4) is 5.75 Å². The Balaban J connectivity index is 2.43. The third kappa shape index (κ3) is 21.1. The first-order valence-electron chi connectivity index (χ1n) is 20.5. The van der Waals surface area contributed by atoms with E-state index in [1.165, 1.54) is 0 Å². The number of hydrogen-bond donors (Lipinski definition) is 9. The molecule has 0 aliphatic rings. The number of nitrogens with two attached hydrogens (primary N) is 3. The highest BCUT2D eigenvalue weighted by molar-refractivity contribution is 5.92. The lowest BCUT2D eigenvalue weighted by Gasteiger charge is -2.27.